The van der Waals surface area contributed by atoms with Crippen molar-refractivity contribution in [1.82, 2.24) is 0 Å². The molecule has 76 valence electrons. The van der Waals surface area contributed by atoms with Gasteiger partial charge in [-0.15, -0.1) is 0 Å². The lowest BCUT2D eigenvalue weighted by Crippen LogP contribution is -2.05. The molecule has 0 aromatic carbocycles. The summed E-state index contributed by atoms with van der Waals surface area (Å²) in [6.45, 7) is 8.03. The Hall–Kier alpha value is -0.790. The van der Waals surface area contributed by atoms with Gasteiger partial charge in [0.15, 0.2) is 0 Å². The number of hydrogen-bond acceptors (Lipinski definition) is 1. The molecule has 0 radical (unpaired) electrons. The smallest absolute Gasteiger partial charge is 0.303 e. The van der Waals surface area contributed by atoms with Crippen molar-refractivity contribution in [2.24, 2.45) is 5.92 Å². The quantitative estimate of drug-likeness (QED) is 0.617. The first kappa shape index (κ1) is 12.2. The molecule has 0 aromatic rings. The summed E-state index contributed by atoms with van der Waals surface area (Å²) in [5, 5.41) is 8.54. The molecule has 0 aliphatic heterocycles. The second-order valence-electron chi connectivity index (χ2n) is 3.62. The molecule has 2 heteroatoms. The molecule has 2 nitrogen and oxygen atoms in total. The van der Waals surface area contributed by atoms with Crippen molar-refractivity contribution in [3.8, 4) is 0 Å². The van der Waals surface area contributed by atoms with Crippen LogP contribution in [0.25, 0.3) is 0 Å². The van der Waals surface area contributed by atoms with Gasteiger partial charge in [0, 0.05) is 6.42 Å². The molecule has 0 bridgehead atoms. The molecule has 0 aromatic heterocycles. The summed E-state index contributed by atoms with van der Waals surface area (Å²) in [4.78, 5) is 10.4. The highest BCUT2D eigenvalue weighted by Gasteiger charge is 2.10. The van der Waals surface area contributed by atoms with Gasteiger partial charge < -0.3 is 5.11 Å². The minimum absolute atomic E-state index is 0.265. The van der Waals surface area contributed by atoms with Crippen molar-refractivity contribution in [1.29, 1.82) is 0 Å². The maximum atomic E-state index is 10.4. The molecule has 0 heterocycles. The summed E-state index contributed by atoms with van der Waals surface area (Å²) in [5.74, 6) is -0.307. The molecule has 13 heavy (non-hydrogen) atoms. The summed E-state index contributed by atoms with van der Waals surface area (Å²) in [5.41, 5.74) is 1.12. The zero-order chi connectivity index (χ0) is 10.3. The Morgan fingerprint density at radius 3 is 2.46 bits per heavy atom. The molecule has 0 aliphatic carbocycles. The minimum Gasteiger partial charge on any atom is -0.481 e. The molecule has 0 saturated carbocycles. The van der Waals surface area contributed by atoms with Gasteiger partial charge in [-0.25, -0.2) is 0 Å². The van der Waals surface area contributed by atoms with Crippen LogP contribution in [0.2, 0.25) is 0 Å². The third-order valence-electron chi connectivity index (χ3n) is 2.31. The van der Waals surface area contributed by atoms with E-state index in [-0.39, 0.29) is 6.42 Å². The molecule has 0 fully saturated rings. The summed E-state index contributed by atoms with van der Waals surface area (Å²) >= 11 is 0. The number of allylic oxidation sites excluding steroid dienone is 1. The lowest BCUT2D eigenvalue weighted by molar-refractivity contribution is -0.137. The van der Waals surface area contributed by atoms with Gasteiger partial charge in [0.2, 0.25) is 0 Å². The van der Waals surface area contributed by atoms with Gasteiger partial charge in [-0.3, -0.25) is 4.79 Å². The summed E-state index contributed by atoms with van der Waals surface area (Å²) < 4.78 is 0. The van der Waals surface area contributed by atoms with Gasteiger partial charge in [-0.1, -0.05) is 31.9 Å². The third-order valence-corrected chi connectivity index (χ3v) is 2.31. The molecule has 0 unspecified atom stereocenters. The first-order valence-corrected chi connectivity index (χ1v) is 4.95. The monoisotopic (exact) mass is 184 g/mol. The van der Waals surface area contributed by atoms with E-state index in [0.29, 0.717) is 5.92 Å². The van der Waals surface area contributed by atoms with E-state index in [0.717, 1.165) is 31.3 Å². The van der Waals surface area contributed by atoms with E-state index in [1.54, 1.807) is 0 Å². The molecule has 1 atom stereocenters. The maximum Gasteiger partial charge on any atom is 0.303 e. The van der Waals surface area contributed by atoms with Crippen LogP contribution in [0.3, 0.4) is 0 Å². The predicted molar refractivity (Wildman–Crippen MR) is 54.7 cm³/mol. The number of rotatable bonds is 7. The standard InChI is InChI=1S/C11H20O2/c1-4-5-6-10(9(2)3)7-8-11(12)13/h10H,2,4-8H2,1,3H3,(H,12,13)/t10-/m0/s1. The Labute approximate surface area is 80.7 Å². The number of hydrogen-bond donors (Lipinski definition) is 1. The van der Waals surface area contributed by atoms with Crippen LogP contribution < -0.4 is 0 Å². The Bertz CT molecular complexity index is 173. The first-order chi connectivity index (χ1) is 6.07. The number of carboxylic acid groups (broad SMARTS) is 1. The fourth-order valence-corrected chi connectivity index (χ4v) is 1.39. The van der Waals surface area contributed by atoms with E-state index in [2.05, 4.69) is 13.5 Å². The van der Waals surface area contributed by atoms with E-state index in [1.807, 2.05) is 6.92 Å². The Balaban J connectivity index is 3.80. The van der Waals surface area contributed by atoms with E-state index < -0.39 is 5.97 Å². The Morgan fingerprint density at radius 2 is 2.08 bits per heavy atom. The van der Waals surface area contributed by atoms with Crippen LogP contribution in [0.4, 0.5) is 0 Å². The zero-order valence-corrected chi connectivity index (χ0v) is 8.68. The largest absolute Gasteiger partial charge is 0.481 e. The van der Waals surface area contributed by atoms with Crippen LogP contribution in [0.15, 0.2) is 12.2 Å². The maximum absolute atomic E-state index is 10.4. The molecular weight excluding hydrogens is 164 g/mol. The average molecular weight is 184 g/mol. The van der Waals surface area contributed by atoms with Gasteiger partial charge in [0.05, 0.1) is 0 Å². The zero-order valence-electron chi connectivity index (χ0n) is 8.68. The SMILES string of the molecule is C=C(C)[C@@H](CCCC)CCC(=O)O. The highest BCUT2D eigenvalue weighted by atomic mass is 16.4. The predicted octanol–water partition coefficient (Wildman–Crippen LogP) is 3.23. The molecular formula is C11H20O2. The first-order valence-electron chi connectivity index (χ1n) is 4.95. The van der Waals surface area contributed by atoms with Crippen molar-refractivity contribution in [3.63, 3.8) is 0 Å². The highest BCUT2D eigenvalue weighted by molar-refractivity contribution is 5.66. The van der Waals surface area contributed by atoms with Gasteiger partial charge in [0.25, 0.3) is 0 Å². The van der Waals surface area contributed by atoms with E-state index in [1.165, 1.54) is 0 Å². The van der Waals surface area contributed by atoms with Crippen molar-refractivity contribution in [3.05, 3.63) is 12.2 Å². The average Bonchev–Trinajstić information content (AvgIpc) is 2.03. The summed E-state index contributed by atoms with van der Waals surface area (Å²) in [7, 11) is 0. The summed E-state index contributed by atoms with van der Waals surface area (Å²) in [6, 6.07) is 0. The molecule has 0 amide bonds. The number of unbranched alkanes of at least 4 members (excludes halogenated alkanes) is 1. The van der Waals surface area contributed by atoms with Crippen molar-refractivity contribution < 1.29 is 9.90 Å². The van der Waals surface area contributed by atoms with E-state index in [4.69, 9.17) is 5.11 Å². The minimum atomic E-state index is -0.706. The normalized spacial score (nSPS) is 12.5. The van der Waals surface area contributed by atoms with Crippen LogP contribution in [0.1, 0.15) is 46.0 Å². The van der Waals surface area contributed by atoms with E-state index >= 15 is 0 Å². The van der Waals surface area contributed by atoms with E-state index in [9.17, 15) is 4.79 Å². The Kier molecular flexibility index (Phi) is 6.29. The lowest BCUT2D eigenvalue weighted by atomic mass is 9.91. The second-order valence-corrected chi connectivity index (χ2v) is 3.62. The molecule has 1 N–H and O–H groups in total. The second kappa shape index (κ2) is 6.70. The van der Waals surface area contributed by atoms with Gasteiger partial charge >= 0.3 is 5.97 Å². The van der Waals surface area contributed by atoms with Crippen LogP contribution >= 0.6 is 0 Å². The van der Waals surface area contributed by atoms with Gasteiger partial charge in [0.1, 0.15) is 0 Å². The van der Waals surface area contributed by atoms with Crippen LogP contribution in [0.5, 0.6) is 0 Å². The Morgan fingerprint density at radius 1 is 1.46 bits per heavy atom. The van der Waals surface area contributed by atoms with Crippen LogP contribution in [0, 0.1) is 5.92 Å². The fraction of sp³-hybridized carbons (Fsp3) is 0.727. The van der Waals surface area contributed by atoms with Crippen LogP contribution in [-0.2, 0) is 4.79 Å². The van der Waals surface area contributed by atoms with Crippen molar-refractivity contribution in [2.75, 3.05) is 0 Å². The fourth-order valence-electron chi connectivity index (χ4n) is 1.39. The van der Waals surface area contributed by atoms with Crippen LogP contribution in [-0.4, -0.2) is 11.1 Å². The molecule has 0 aliphatic rings. The molecule has 0 rings (SSSR count). The van der Waals surface area contributed by atoms with Gasteiger partial charge in [-0.2, -0.15) is 0 Å². The molecule has 0 spiro atoms. The molecule has 0 saturated heterocycles. The van der Waals surface area contributed by atoms with Crippen molar-refractivity contribution in [2.45, 2.75) is 46.0 Å². The van der Waals surface area contributed by atoms with Gasteiger partial charge in [-0.05, 0) is 25.7 Å². The summed E-state index contributed by atoms with van der Waals surface area (Å²) in [6.07, 6.45) is 4.42. The van der Waals surface area contributed by atoms with Crippen molar-refractivity contribution >= 4 is 5.97 Å². The number of carboxylic acids is 1. The number of aliphatic carboxylic acids is 1. The topological polar surface area (TPSA) is 37.3 Å². The number of carbonyl (C=O) groups is 1. The highest BCUT2D eigenvalue weighted by Crippen LogP contribution is 2.21. The third kappa shape index (κ3) is 6.38. The lowest BCUT2D eigenvalue weighted by Gasteiger charge is -2.15.